The van der Waals surface area contributed by atoms with E-state index in [1.165, 1.54) is 11.1 Å². The highest BCUT2D eigenvalue weighted by Gasteiger charge is 2.17. The molecule has 0 saturated carbocycles. The molecule has 0 spiro atoms. The van der Waals surface area contributed by atoms with Crippen LogP contribution in [-0.4, -0.2) is 7.05 Å². The second kappa shape index (κ2) is 5.07. The Bertz CT molecular complexity index is 519. The van der Waals surface area contributed by atoms with E-state index in [2.05, 4.69) is 46.4 Å². The van der Waals surface area contributed by atoms with Gasteiger partial charge in [0.1, 0.15) is 11.5 Å². The molecule has 0 fully saturated rings. The summed E-state index contributed by atoms with van der Waals surface area (Å²) in [6, 6.07) is 10.4. The third-order valence-electron chi connectivity index (χ3n) is 2.89. The summed E-state index contributed by atoms with van der Waals surface area (Å²) >= 11 is 3.51. The van der Waals surface area contributed by atoms with Crippen LogP contribution in [0, 0.1) is 13.8 Å². The molecule has 2 aromatic rings. The summed E-state index contributed by atoms with van der Waals surface area (Å²) in [5, 5.41) is 3.30. The lowest BCUT2D eigenvalue weighted by Gasteiger charge is -2.17. The number of hydrogen-bond donors (Lipinski definition) is 1. The van der Waals surface area contributed by atoms with Gasteiger partial charge in [-0.15, -0.1) is 0 Å². The number of rotatable bonds is 3. The lowest BCUT2D eigenvalue weighted by Crippen LogP contribution is -2.18. The maximum Gasteiger partial charge on any atom is 0.125 e. The zero-order chi connectivity index (χ0) is 12.4. The van der Waals surface area contributed by atoms with E-state index in [0.29, 0.717) is 0 Å². The van der Waals surface area contributed by atoms with Crippen molar-refractivity contribution in [2.45, 2.75) is 19.9 Å². The summed E-state index contributed by atoms with van der Waals surface area (Å²) in [6.45, 7) is 4.08. The molecule has 0 aliphatic rings. The molecular formula is C14H16BrNO. The predicted molar refractivity (Wildman–Crippen MR) is 73.2 cm³/mol. The first-order chi connectivity index (χ1) is 8.11. The van der Waals surface area contributed by atoms with Gasteiger partial charge in [-0.25, -0.2) is 0 Å². The van der Waals surface area contributed by atoms with Crippen molar-refractivity contribution in [3.63, 3.8) is 0 Å². The van der Waals surface area contributed by atoms with E-state index in [-0.39, 0.29) is 6.04 Å². The van der Waals surface area contributed by atoms with E-state index in [0.717, 1.165) is 16.0 Å². The van der Waals surface area contributed by atoms with Crippen LogP contribution in [0.15, 0.2) is 39.2 Å². The van der Waals surface area contributed by atoms with Gasteiger partial charge in [0.2, 0.25) is 0 Å². The first kappa shape index (κ1) is 12.4. The molecular weight excluding hydrogens is 278 g/mol. The molecule has 0 bridgehead atoms. The molecule has 90 valence electrons. The van der Waals surface area contributed by atoms with Crippen LogP contribution in [0.1, 0.15) is 28.7 Å². The molecule has 0 saturated heterocycles. The minimum absolute atomic E-state index is 0.0983. The molecule has 1 unspecified atom stereocenters. The van der Waals surface area contributed by atoms with E-state index < -0.39 is 0 Å². The highest BCUT2D eigenvalue weighted by molar-refractivity contribution is 9.10. The molecule has 0 radical (unpaired) electrons. The number of benzene rings is 1. The van der Waals surface area contributed by atoms with E-state index in [1.54, 1.807) is 0 Å². The molecule has 1 atom stereocenters. The largest absolute Gasteiger partial charge is 0.464 e. The zero-order valence-electron chi connectivity index (χ0n) is 10.3. The van der Waals surface area contributed by atoms with E-state index in [1.807, 2.05) is 26.1 Å². The molecule has 3 heteroatoms. The van der Waals surface area contributed by atoms with Gasteiger partial charge in [0.15, 0.2) is 0 Å². The Hall–Kier alpha value is -1.06. The highest BCUT2D eigenvalue weighted by Crippen LogP contribution is 2.28. The number of aryl methyl sites for hydroxylation is 2. The van der Waals surface area contributed by atoms with Crippen LogP contribution in [-0.2, 0) is 0 Å². The van der Waals surface area contributed by atoms with Gasteiger partial charge in [-0.2, -0.15) is 0 Å². The van der Waals surface area contributed by atoms with E-state index in [9.17, 15) is 0 Å². The molecule has 17 heavy (non-hydrogen) atoms. The molecule has 0 amide bonds. The van der Waals surface area contributed by atoms with Crippen LogP contribution in [0.25, 0.3) is 0 Å². The van der Waals surface area contributed by atoms with Gasteiger partial charge in [-0.1, -0.05) is 22.0 Å². The van der Waals surface area contributed by atoms with Crippen molar-refractivity contribution in [1.29, 1.82) is 0 Å². The van der Waals surface area contributed by atoms with Crippen molar-refractivity contribution < 1.29 is 4.42 Å². The van der Waals surface area contributed by atoms with Crippen molar-refractivity contribution in [1.82, 2.24) is 5.32 Å². The lowest BCUT2D eigenvalue weighted by atomic mass is 10.00. The smallest absolute Gasteiger partial charge is 0.125 e. The Kier molecular flexibility index (Phi) is 3.69. The fourth-order valence-corrected chi connectivity index (χ4v) is 2.36. The molecule has 1 aromatic heterocycles. The van der Waals surface area contributed by atoms with Gasteiger partial charge in [0.25, 0.3) is 0 Å². The SMILES string of the molecule is CNC(c1ccc(C)o1)c1cc(Br)ccc1C. The number of hydrogen-bond acceptors (Lipinski definition) is 2. The number of halogens is 1. The normalized spacial score (nSPS) is 12.7. The molecule has 0 aliphatic heterocycles. The highest BCUT2D eigenvalue weighted by atomic mass is 79.9. The topological polar surface area (TPSA) is 25.2 Å². The number of nitrogens with one attached hydrogen (secondary N) is 1. The maximum atomic E-state index is 5.71. The average molecular weight is 294 g/mol. The third kappa shape index (κ3) is 2.61. The molecule has 1 aromatic carbocycles. The Morgan fingerprint density at radius 1 is 1.18 bits per heavy atom. The van der Waals surface area contributed by atoms with Crippen molar-refractivity contribution in [2.24, 2.45) is 0 Å². The van der Waals surface area contributed by atoms with Gasteiger partial charge in [0.05, 0.1) is 6.04 Å². The van der Waals surface area contributed by atoms with Crippen LogP contribution in [0.3, 0.4) is 0 Å². The van der Waals surface area contributed by atoms with Crippen molar-refractivity contribution >= 4 is 15.9 Å². The molecule has 1 N–H and O–H groups in total. The lowest BCUT2D eigenvalue weighted by molar-refractivity contribution is 0.443. The summed E-state index contributed by atoms with van der Waals surface area (Å²) < 4.78 is 6.79. The van der Waals surface area contributed by atoms with Crippen LogP contribution in [0.4, 0.5) is 0 Å². The minimum Gasteiger partial charge on any atom is -0.464 e. The predicted octanol–water partition coefficient (Wildman–Crippen LogP) is 3.97. The summed E-state index contributed by atoms with van der Waals surface area (Å²) in [5.74, 6) is 1.89. The standard InChI is InChI=1S/C14H16BrNO/c1-9-4-6-11(15)8-12(9)14(16-3)13-7-5-10(2)17-13/h4-8,14,16H,1-3H3. The Morgan fingerprint density at radius 3 is 2.53 bits per heavy atom. The van der Waals surface area contributed by atoms with Crippen LogP contribution >= 0.6 is 15.9 Å². The third-order valence-corrected chi connectivity index (χ3v) is 3.38. The molecule has 0 aliphatic carbocycles. The monoisotopic (exact) mass is 293 g/mol. The molecule has 2 rings (SSSR count). The second-order valence-electron chi connectivity index (χ2n) is 4.17. The minimum atomic E-state index is 0.0983. The quantitative estimate of drug-likeness (QED) is 0.926. The first-order valence-electron chi connectivity index (χ1n) is 5.61. The van der Waals surface area contributed by atoms with E-state index in [4.69, 9.17) is 4.42 Å². The van der Waals surface area contributed by atoms with Crippen molar-refractivity contribution in [3.8, 4) is 0 Å². The summed E-state index contributed by atoms with van der Waals surface area (Å²) in [6.07, 6.45) is 0. The van der Waals surface area contributed by atoms with Gasteiger partial charge >= 0.3 is 0 Å². The second-order valence-corrected chi connectivity index (χ2v) is 5.09. The maximum absolute atomic E-state index is 5.71. The average Bonchev–Trinajstić information content (AvgIpc) is 2.71. The fourth-order valence-electron chi connectivity index (χ4n) is 1.98. The van der Waals surface area contributed by atoms with Crippen LogP contribution in [0.5, 0.6) is 0 Å². The van der Waals surface area contributed by atoms with E-state index >= 15 is 0 Å². The summed E-state index contributed by atoms with van der Waals surface area (Å²) in [4.78, 5) is 0. The van der Waals surface area contributed by atoms with Crippen molar-refractivity contribution in [3.05, 3.63) is 57.5 Å². The fraction of sp³-hybridized carbons (Fsp3) is 0.286. The Morgan fingerprint density at radius 2 is 1.94 bits per heavy atom. The zero-order valence-corrected chi connectivity index (χ0v) is 11.8. The van der Waals surface area contributed by atoms with Gasteiger partial charge in [-0.3, -0.25) is 0 Å². The summed E-state index contributed by atoms with van der Waals surface area (Å²) in [7, 11) is 1.95. The van der Waals surface area contributed by atoms with Crippen LogP contribution in [0.2, 0.25) is 0 Å². The Labute approximate surface area is 110 Å². The van der Waals surface area contributed by atoms with Crippen LogP contribution < -0.4 is 5.32 Å². The first-order valence-corrected chi connectivity index (χ1v) is 6.40. The van der Waals surface area contributed by atoms with Gasteiger partial charge < -0.3 is 9.73 Å². The number of furan rings is 1. The van der Waals surface area contributed by atoms with Crippen molar-refractivity contribution in [2.75, 3.05) is 7.05 Å². The van der Waals surface area contributed by atoms with Gasteiger partial charge in [0, 0.05) is 4.47 Å². The summed E-state index contributed by atoms with van der Waals surface area (Å²) in [5.41, 5.74) is 2.48. The molecule has 2 nitrogen and oxygen atoms in total. The molecule has 1 heterocycles. The Balaban J connectivity index is 2.45. The van der Waals surface area contributed by atoms with Gasteiger partial charge in [-0.05, 0) is 56.3 Å².